The van der Waals surface area contributed by atoms with Crippen LogP contribution in [0.3, 0.4) is 0 Å². The summed E-state index contributed by atoms with van der Waals surface area (Å²) in [7, 11) is 0. The highest BCUT2D eigenvalue weighted by Gasteiger charge is 2.30. The lowest BCUT2D eigenvalue weighted by Gasteiger charge is -2.15. The third-order valence-electron chi connectivity index (χ3n) is 3.69. The smallest absolute Gasteiger partial charge is 0.406 e. The molecule has 0 aromatic heterocycles. The maximum atomic E-state index is 12.1. The second-order valence-electron chi connectivity index (χ2n) is 5.66. The highest BCUT2D eigenvalue weighted by molar-refractivity contribution is 5.80. The summed E-state index contributed by atoms with van der Waals surface area (Å²) >= 11 is 0. The number of ether oxygens (including phenoxy) is 1. The predicted octanol–water partition coefficient (Wildman–Crippen LogP) is 2.00. The molecule has 1 aromatic rings. The van der Waals surface area contributed by atoms with Gasteiger partial charge >= 0.3 is 6.36 Å². The number of alkyl halides is 3. The van der Waals surface area contributed by atoms with Gasteiger partial charge in [0, 0.05) is 26.1 Å². The number of rotatable bonds is 6. The van der Waals surface area contributed by atoms with Gasteiger partial charge in [-0.05, 0) is 30.5 Å². The molecule has 138 valence electrons. The van der Waals surface area contributed by atoms with Crippen LogP contribution < -0.4 is 15.8 Å². The van der Waals surface area contributed by atoms with E-state index >= 15 is 0 Å². The molecule has 1 aliphatic heterocycles. The normalized spacial score (nSPS) is 15.3. The Labute approximate surface area is 143 Å². The molecule has 1 amide bonds. The number of nitrogens with zero attached hydrogens (tertiary/aromatic N) is 2. The van der Waals surface area contributed by atoms with E-state index < -0.39 is 6.36 Å². The standard InChI is InChI=1S/C16H21F3N4O2/c17-16(18,19)25-13-5-3-12(4-6-13)11-22-15(20)21-8-7-14(24)23-9-1-2-10-23/h3-6H,1-2,7-11H2,(H3,20,21,22). The van der Waals surface area contributed by atoms with Gasteiger partial charge in [-0.1, -0.05) is 12.1 Å². The van der Waals surface area contributed by atoms with Gasteiger partial charge in [0.05, 0.1) is 6.54 Å². The van der Waals surface area contributed by atoms with Crippen molar-refractivity contribution in [1.82, 2.24) is 10.2 Å². The molecule has 3 N–H and O–H groups in total. The number of carbonyl (C=O) groups is 1. The fourth-order valence-electron chi connectivity index (χ4n) is 2.45. The van der Waals surface area contributed by atoms with Crippen LogP contribution >= 0.6 is 0 Å². The van der Waals surface area contributed by atoms with Crippen molar-refractivity contribution in [2.75, 3.05) is 19.6 Å². The molecule has 0 saturated carbocycles. The maximum absolute atomic E-state index is 12.1. The van der Waals surface area contributed by atoms with Crippen LogP contribution in [0.4, 0.5) is 13.2 Å². The van der Waals surface area contributed by atoms with E-state index in [1.165, 1.54) is 24.3 Å². The maximum Gasteiger partial charge on any atom is 0.573 e. The van der Waals surface area contributed by atoms with E-state index in [-0.39, 0.29) is 24.2 Å². The lowest BCUT2D eigenvalue weighted by Crippen LogP contribution is -2.36. The van der Waals surface area contributed by atoms with Crippen LogP contribution in [-0.2, 0) is 11.3 Å². The van der Waals surface area contributed by atoms with E-state index in [0.29, 0.717) is 18.5 Å². The van der Waals surface area contributed by atoms with Gasteiger partial charge in [0.1, 0.15) is 5.75 Å². The number of hydrogen-bond acceptors (Lipinski definition) is 3. The Morgan fingerprint density at radius 2 is 1.88 bits per heavy atom. The first-order valence-corrected chi connectivity index (χ1v) is 8.00. The van der Waals surface area contributed by atoms with E-state index in [9.17, 15) is 18.0 Å². The number of halogens is 3. The molecule has 0 spiro atoms. The second kappa shape index (κ2) is 8.59. The number of aliphatic imine (C=N–C) groups is 1. The third kappa shape index (κ3) is 6.90. The van der Waals surface area contributed by atoms with Crippen molar-refractivity contribution in [3.63, 3.8) is 0 Å². The molecule has 1 saturated heterocycles. The van der Waals surface area contributed by atoms with Crippen molar-refractivity contribution in [3.8, 4) is 5.75 Å². The van der Waals surface area contributed by atoms with E-state index in [4.69, 9.17) is 5.73 Å². The lowest BCUT2D eigenvalue weighted by atomic mass is 10.2. The number of hydrogen-bond donors (Lipinski definition) is 2. The SMILES string of the molecule is NC(=NCc1ccc(OC(F)(F)F)cc1)NCCC(=O)N1CCCC1. The summed E-state index contributed by atoms with van der Waals surface area (Å²) in [5.41, 5.74) is 6.40. The molecule has 1 aromatic carbocycles. The number of nitrogens with one attached hydrogen (secondary N) is 1. The van der Waals surface area contributed by atoms with Crippen LogP contribution in [0.1, 0.15) is 24.8 Å². The van der Waals surface area contributed by atoms with Gasteiger partial charge in [0.25, 0.3) is 0 Å². The minimum atomic E-state index is -4.71. The fraction of sp³-hybridized carbons (Fsp3) is 0.500. The Balaban J connectivity index is 1.72. The van der Waals surface area contributed by atoms with Gasteiger partial charge in [-0.15, -0.1) is 13.2 Å². The minimum absolute atomic E-state index is 0.0954. The topological polar surface area (TPSA) is 80.0 Å². The van der Waals surface area contributed by atoms with Crippen molar-refractivity contribution in [2.45, 2.75) is 32.2 Å². The summed E-state index contributed by atoms with van der Waals surface area (Å²) in [5, 5.41) is 2.86. The molecular formula is C16H21F3N4O2. The number of likely N-dealkylation sites (tertiary alicyclic amines) is 1. The lowest BCUT2D eigenvalue weighted by molar-refractivity contribution is -0.274. The molecular weight excluding hydrogens is 337 g/mol. The van der Waals surface area contributed by atoms with Crippen LogP contribution in [-0.4, -0.2) is 42.8 Å². The van der Waals surface area contributed by atoms with Crippen LogP contribution in [0, 0.1) is 0 Å². The first-order valence-electron chi connectivity index (χ1n) is 8.00. The Morgan fingerprint density at radius 1 is 1.24 bits per heavy atom. The zero-order valence-electron chi connectivity index (χ0n) is 13.7. The Kier molecular flexibility index (Phi) is 6.49. The summed E-state index contributed by atoms with van der Waals surface area (Å²) in [6.45, 7) is 2.24. The fourth-order valence-corrected chi connectivity index (χ4v) is 2.45. The Morgan fingerprint density at radius 3 is 2.48 bits per heavy atom. The second-order valence-corrected chi connectivity index (χ2v) is 5.66. The Bertz CT molecular complexity index is 596. The molecule has 0 bridgehead atoms. The monoisotopic (exact) mass is 358 g/mol. The van der Waals surface area contributed by atoms with Crippen molar-refractivity contribution >= 4 is 11.9 Å². The minimum Gasteiger partial charge on any atom is -0.406 e. The van der Waals surface area contributed by atoms with E-state index in [1.54, 1.807) is 0 Å². The predicted molar refractivity (Wildman–Crippen MR) is 86.9 cm³/mol. The molecule has 2 rings (SSSR count). The molecule has 1 fully saturated rings. The largest absolute Gasteiger partial charge is 0.573 e. The zero-order valence-corrected chi connectivity index (χ0v) is 13.7. The zero-order chi connectivity index (χ0) is 18.3. The van der Waals surface area contributed by atoms with Gasteiger partial charge in [0.15, 0.2) is 5.96 Å². The molecule has 0 atom stereocenters. The molecule has 25 heavy (non-hydrogen) atoms. The van der Waals surface area contributed by atoms with Gasteiger partial charge in [0.2, 0.25) is 5.91 Å². The van der Waals surface area contributed by atoms with E-state index in [1.807, 2.05) is 4.90 Å². The quantitative estimate of drug-likeness (QED) is 0.602. The van der Waals surface area contributed by atoms with E-state index in [2.05, 4.69) is 15.0 Å². The Hall–Kier alpha value is -2.45. The van der Waals surface area contributed by atoms with E-state index in [0.717, 1.165) is 25.9 Å². The highest BCUT2D eigenvalue weighted by Crippen LogP contribution is 2.22. The third-order valence-corrected chi connectivity index (χ3v) is 3.69. The van der Waals surface area contributed by atoms with Gasteiger partial charge in [-0.25, -0.2) is 4.99 Å². The number of nitrogens with two attached hydrogens (primary N) is 1. The molecule has 1 heterocycles. The number of benzene rings is 1. The number of carbonyl (C=O) groups excluding carboxylic acids is 1. The number of guanidine groups is 1. The summed E-state index contributed by atoms with van der Waals surface area (Å²) < 4.78 is 40.0. The molecule has 9 heteroatoms. The summed E-state index contributed by atoms with van der Waals surface area (Å²) in [6, 6.07) is 5.40. The molecule has 6 nitrogen and oxygen atoms in total. The van der Waals surface area contributed by atoms with Crippen molar-refractivity contribution in [3.05, 3.63) is 29.8 Å². The first kappa shape index (κ1) is 18.9. The van der Waals surface area contributed by atoms with Crippen LogP contribution in [0.2, 0.25) is 0 Å². The average molecular weight is 358 g/mol. The molecule has 0 unspecified atom stereocenters. The van der Waals surface area contributed by atoms with Gasteiger partial charge in [-0.3, -0.25) is 4.79 Å². The van der Waals surface area contributed by atoms with Crippen LogP contribution in [0.15, 0.2) is 29.3 Å². The summed E-state index contributed by atoms with van der Waals surface area (Å²) in [6.07, 6.45) is -2.26. The van der Waals surface area contributed by atoms with Crippen molar-refractivity contribution in [2.24, 2.45) is 10.7 Å². The van der Waals surface area contributed by atoms with Crippen LogP contribution in [0.5, 0.6) is 5.75 Å². The summed E-state index contributed by atoms with van der Waals surface area (Å²) in [4.78, 5) is 17.8. The highest BCUT2D eigenvalue weighted by atomic mass is 19.4. The summed E-state index contributed by atoms with van der Waals surface area (Å²) in [5.74, 6) is -0.00496. The number of amides is 1. The van der Waals surface area contributed by atoms with Gasteiger partial charge < -0.3 is 20.7 Å². The van der Waals surface area contributed by atoms with Crippen LogP contribution in [0.25, 0.3) is 0 Å². The molecule has 1 aliphatic rings. The van der Waals surface area contributed by atoms with Crippen molar-refractivity contribution in [1.29, 1.82) is 0 Å². The average Bonchev–Trinajstić information content (AvgIpc) is 3.07. The van der Waals surface area contributed by atoms with Gasteiger partial charge in [-0.2, -0.15) is 0 Å². The van der Waals surface area contributed by atoms with Crippen molar-refractivity contribution < 1.29 is 22.7 Å². The molecule has 0 radical (unpaired) electrons. The first-order chi connectivity index (χ1) is 11.8. The molecule has 0 aliphatic carbocycles.